The number of aryl methyl sites for hydroxylation is 2. The van der Waals surface area contributed by atoms with E-state index in [-0.39, 0.29) is 5.92 Å². The van der Waals surface area contributed by atoms with Gasteiger partial charge < -0.3 is 9.84 Å². The number of thiol groups is 1. The molecule has 0 saturated heterocycles. The zero-order valence-corrected chi connectivity index (χ0v) is 13.8. The highest BCUT2D eigenvalue weighted by molar-refractivity contribution is 7.80. The average Bonchev–Trinajstić information content (AvgIpc) is 2.89. The van der Waals surface area contributed by atoms with Gasteiger partial charge in [0.25, 0.3) is 0 Å². The van der Waals surface area contributed by atoms with Crippen LogP contribution in [0.25, 0.3) is 0 Å². The van der Waals surface area contributed by atoms with Crippen molar-refractivity contribution in [2.24, 2.45) is 4.99 Å². The number of hydrogen-bond donors (Lipinski definition) is 2. The summed E-state index contributed by atoms with van der Waals surface area (Å²) in [6.45, 7) is 3.82. The van der Waals surface area contributed by atoms with Crippen LogP contribution in [-0.4, -0.2) is 23.7 Å². The minimum Gasteiger partial charge on any atom is -0.507 e. The lowest BCUT2D eigenvalue weighted by molar-refractivity contribution is 0.415. The smallest absolute Gasteiger partial charge is 0.121 e. The second kappa shape index (κ2) is 5.69. The fourth-order valence-corrected chi connectivity index (χ4v) is 3.32. The van der Waals surface area contributed by atoms with Crippen LogP contribution in [0, 0.1) is 13.8 Å². The van der Waals surface area contributed by atoms with Crippen molar-refractivity contribution in [3.8, 4) is 11.5 Å². The number of aliphatic imine (C=N–C) groups is 1. The zero-order valence-electron chi connectivity index (χ0n) is 12.9. The van der Waals surface area contributed by atoms with E-state index in [1.807, 2.05) is 38.1 Å². The summed E-state index contributed by atoms with van der Waals surface area (Å²) in [4.78, 5) is 4.80. The molecule has 0 fully saturated rings. The molecule has 1 N–H and O–H groups in total. The van der Waals surface area contributed by atoms with E-state index in [4.69, 9.17) is 9.73 Å². The van der Waals surface area contributed by atoms with Gasteiger partial charge in [0, 0.05) is 17.7 Å². The Morgan fingerprint density at radius 1 is 1.18 bits per heavy atom. The maximum atomic E-state index is 9.97. The van der Waals surface area contributed by atoms with E-state index in [0.717, 1.165) is 33.8 Å². The largest absolute Gasteiger partial charge is 0.507 e. The quantitative estimate of drug-likeness (QED) is 0.835. The highest BCUT2D eigenvalue weighted by Gasteiger charge is 2.28. The Kier molecular flexibility index (Phi) is 3.87. The Hall–Kier alpha value is -1.94. The summed E-state index contributed by atoms with van der Waals surface area (Å²) in [5, 5.41) is 9.97. The Morgan fingerprint density at radius 3 is 2.45 bits per heavy atom. The van der Waals surface area contributed by atoms with E-state index < -0.39 is 0 Å². The number of phenols is 1. The Bertz CT molecular complexity index is 745. The standard InChI is InChI=1S/C18H19NO2S/c1-10-6-12(7-11(2)18(10)20)17-15(9-22)14-5-4-13(21-3)8-16(14)19-17/h4-8,15,20,22H,9H2,1-3H3. The minimum atomic E-state index is 0.160. The number of benzene rings is 2. The van der Waals surface area contributed by atoms with Crippen LogP contribution in [0.1, 0.15) is 28.2 Å². The predicted octanol–water partition coefficient (Wildman–Crippen LogP) is 4.17. The molecule has 1 heterocycles. The van der Waals surface area contributed by atoms with Crippen LogP contribution < -0.4 is 4.74 Å². The summed E-state index contributed by atoms with van der Waals surface area (Å²) >= 11 is 4.51. The second-order valence-electron chi connectivity index (χ2n) is 5.62. The number of rotatable bonds is 3. The Balaban J connectivity index is 2.11. The number of hydrogen-bond acceptors (Lipinski definition) is 4. The number of aromatic hydroxyl groups is 1. The summed E-state index contributed by atoms with van der Waals surface area (Å²) in [5.74, 6) is 2.01. The minimum absolute atomic E-state index is 0.160. The molecule has 0 spiro atoms. The van der Waals surface area contributed by atoms with E-state index in [2.05, 4.69) is 18.7 Å². The number of phenolic OH excluding ortho intramolecular Hbond substituents is 1. The van der Waals surface area contributed by atoms with Crippen molar-refractivity contribution in [2.75, 3.05) is 12.9 Å². The van der Waals surface area contributed by atoms with Crippen LogP contribution in [-0.2, 0) is 0 Å². The van der Waals surface area contributed by atoms with E-state index in [0.29, 0.717) is 11.5 Å². The van der Waals surface area contributed by atoms with E-state index >= 15 is 0 Å². The molecule has 4 heteroatoms. The van der Waals surface area contributed by atoms with E-state index in [1.165, 1.54) is 5.56 Å². The highest BCUT2D eigenvalue weighted by Crippen LogP contribution is 2.41. The van der Waals surface area contributed by atoms with Gasteiger partial charge in [0.1, 0.15) is 11.5 Å². The summed E-state index contributed by atoms with van der Waals surface area (Å²) in [7, 11) is 1.66. The molecular weight excluding hydrogens is 294 g/mol. The summed E-state index contributed by atoms with van der Waals surface area (Å²) in [6.07, 6.45) is 0. The number of nitrogens with zero attached hydrogens (tertiary/aromatic N) is 1. The molecular formula is C18H19NO2S. The average molecular weight is 313 g/mol. The van der Waals surface area contributed by atoms with Gasteiger partial charge in [-0.3, -0.25) is 4.99 Å². The summed E-state index contributed by atoms with van der Waals surface area (Å²) in [5.41, 5.74) is 5.89. The lowest BCUT2D eigenvalue weighted by Crippen LogP contribution is -2.12. The van der Waals surface area contributed by atoms with Gasteiger partial charge in [-0.15, -0.1) is 0 Å². The van der Waals surface area contributed by atoms with Crippen molar-refractivity contribution in [3.63, 3.8) is 0 Å². The summed E-state index contributed by atoms with van der Waals surface area (Å²) < 4.78 is 5.28. The van der Waals surface area contributed by atoms with Crippen molar-refractivity contribution in [3.05, 3.63) is 52.6 Å². The molecule has 0 saturated carbocycles. The lowest BCUT2D eigenvalue weighted by Gasteiger charge is -2.14. The van der Waals surface area contributed by atoms with Gasteiger partial charge in [0.2, 0.25) is 0 Å². The van der Waals surface area contributed by atoms with Gasteiger partial charge in [-0.1, -0.05) is 6.07 Å². The molecule has 0 radical (unpaired) electrons. The molecule has 1 unspecified atom stereocenters. The molecule has 1 atom stereocenters. The van der Waals surface area contributed by atoms with Gasteiger partial charge in [-0.25, -0.2) is 0 Å². The fraction of sp³-hybridized carbons (Fsp3) is 0.278. The van der Waals surface area contributed by atoms with Crippen molar-refractivity contribution in [1.82, 2.24) is 0 Å². The third-order valence-corrected chi connectivity index (χ3v) is 4.52. The molecule has 0 amide bonds. The topological polar surface area (TPSA) is 41.8 Å². The van der Waals surface area contributed by atoms with Crippen LogP contribution in [0.15, 0.2) is 35.3 Å². The zero-order chi connectivity index (χ0) is 15.9. The molecule has 0 bridgehead atoms. The maximum Gasteiger partial charge on any atom is 0.121 e. The lowest BCUT2D eigenvalue weighted by atomic mass is 9.91. The van der Waals surface area contributed by atoms with E-state index in [1.54, 1.807) is 7.11 Å². The number of methoxy groups -OCH3 is 1. The molecule has 2 aromatic carbocycles. The van der Waals surface area contributed by atoms with Gasteiger partial charge in [0.15, 0.2) is 0 Å². The van der Waals surface area contributed by atoms with Gasteiger partial charge in [-0.05, 0) is 54.3 Å². The van der Waals surface area contributed by atoms with Crippen molar-refractivity contribution in [2.45, 2.75) is 19.8 Å². The van der Waals surface area contributed by atoms with Crippen LogP contribution >= 0.6 is 12.6 Å². The molecule has 1 aliphatic rings. The SMILES string of the molecule is COc1ccc2c(c1)N=C(c1cc(C)c(O)c(C)c1)C2CS. The second-order valence-corrected chi connectivity index (χ2v) is 5.98. The van der Waals surface area contributed by atoms with Gasteiger partial charge in [-0.2, -0.15) is 12.6 Å². The molecule has 0 aromatic heterocycles. The van der Waals surface area contributed by atoms with Gasteiger partial charge in [0.05, 0.1) is 18.5 Å². The first-order valence-corrected chi connectivity index (χ1v) is 7.86. The molecule has 114 valence electrons. The highest BCUT2D eigenvalue weighted by atomic mass is 32.1. The normalized spacial score (nSPS) is 16.4. The fourth-order valence-electron chi connectivity index (χ4n) is 2.95. The van der Waals surface area contributed by atoms with Crippen LogP contribution in [0.4, 0.5) is 5.69 Å². The Morgan fingerprint density at radius 2 is 1.86 bits per heavy atom. The van der Waals surface area contributed by atoms with Crippen LogP contribution in [0.5, 0.6) is 11.5 Å². The first-order valence-electron chi connectivity index (χ1n) is 7.23. The first kappa shape index (κ1) is 15.0. The third kappa shape index (κ3) is 2.37. The number of fused-ring (bicyclic) bond motifs is 1. The van der Waals surface area contributed by atoms with Crippen molar-refractivity contribution < 1.29 is 9.84 Å². The third-order valence-electron chi connectivity index (χ3n) is 4.15. The summed E-state index contributed by atoms with van der Waals surface area (Å²) in [6, 6.07) is 9.95. The van der Waals surface area contributed by atoms with Gasteiger partial charge >= 0.3 is 0 Å². The molecule has 1 aliphatic heterocycles. The van der Waals surface area contributed by atoms with Crippen LogP contribution in [0.3, 0.4) is 0 Å². The molecule has 3 rings (SSSR count). The molecule has 22 heavy (non-hydrogen) atoms. The monoisotopic (exact) mass is 313 g/mol. The maximum absolute atomic E-state index is 9.97. The van der Waals surface area contributed by atoms with E-state index in [9.17, 15) is 5.11 Å². The number of ether oxygens (including phenoxy) is 1. The van der Waals surface area contributed by atoms with Crippen molar-refractivity contribution in [1.29, 1.82) is 0 Å². The molecule has 0 aliphatic carbocycles. The van der Waals surface area contributed by atoms with Crippen molar-refractivity contribution >= 4 is 24.0 Å². The Labute approximate surface area is 136 Å². The molecule has 3 nitrogen and oxygen atoms in total. The van der Waals surface area contributed by atoms with Crippen LogP contribution in [0.2, 0.25) is 0 Å². The molecule has 2 aromatic rings. The predicted molar refractivity (Wildman–Crippen MR) is 93.4 cm³/mol. The first-order chi connectivity index (χ1) is 10.5.